The van der Waals surface area contributed by atoms with E-state index in [1.54, 1.807) is 0 Å². The lowest BCUT2D eigenvalue weighted by atomic mass is 9.81. The second-order valence-corrected chi connectivity index (χ2v) is 10.2. The van der Waals surface area contributed by atoms with Crippen molar-refractivity contribution in [3.8, 4) is 0 Å². The summed E-state index contributed by atoms with van der Waals surface area (Å²) in [6.07, 6.45) is 19.3. The summed E-state index contributed by atoms with van der Waals surface area (Å²) in [5.41, 5.74) is 1.29. The minimum atomic E-state index is 0.472. The van der Waals surface area contributed by atoms with Crippen LogP contribution in [-0.4, -0.2) is 44.2 Å². The van der Waals surface area contributed by atoms with E-state index in [2.05, 4.69) is 57.6 Å². The van der Waals surface area contributed by atoms with Gasteiger partial charge in [-0.05, 0) is 84.1 Å². The van der Waals surface area contributed by atoms with Gasteiger partial charge in [0.2, 0.25) is 0 Å². The van der Waals surface area contributed by atoms with Crippen LogP contribution in [-0.2, 0) is 4.74 Å². The van der Waals surface area contributed by atoms with Crippen molar-refractivity contribution >= 4 is 0 Å². The van der Waals surface area contributed by atoms with Gasteiger partial charge in [0.1, 0.15) is 0 Å². The van der Waals surface area contributed by atoms with Crippen LogP contribution in [0.4, 0.5) is 0 Å². The van der Waals surface area contributed by atoms with Crippen molar-refractivity contribution in [3.05, 3.63) is 24.0 Å². The fraction of sp³-hybridized carbons (Fsp3) is 0.862. The van der Waals surface area contributed by atoms with Crippen molar-refractivity contribution in [1.82, 2.24) is 10.2 Å². The van der Waals surface area contributed by atoms with Crippen molar-refractivity contribution < 1.29 is 4.74 Å². The Morgan fingerprint density at radius 3 is 2.25 bits per heavy atom. The zero-order valence-corrected chi connectivity index (χ0v) is 22.4. The number of nitrogens with one attached hydrogen (secondary N) is 1. The van der Waals surface area contributed by atoms with E-state index in [0.717, 1.165) is 32.0 Å². The number of unbranched alkanes of at least 4 members (excludes halogenated alkanes) is 8. The van der Waals surface area contributed by atoms with Crippen LogP contribution in [0.15, 0.2) is 24.0 Å². The second-order valence-electron chi connectivity index (χ2n) is 10.2. The molecule has 32 heavy (non-hydrogen) atoms. The normalized spacial score (nSPS) is 21.4. The van der Waals surface area contributed by atoms with Gasteiger partial charge < -0.3 is 15.0 Å². The van der Waals surface area contributed by atoms with E-state index in [1.807, 2.05) is 0 Å². The molecule has 1 N–H and O–H groups in total. The van der Waals surface area contributed by atoms with Crippen LogP contribution in [0.25, 0.3) is 0 Å². The summed E-state index contributed by atoms with van der Waals surface area (Å²) >= 11 is 0. The molecule has 3 atom stereocenters. The topological polar surface area (TPSA) is 24.5 Å². The molecule has 0 bridgehead atoms. The quantitative estimate of drug-likeness (QED) is 0.117. The van der Waals surface area contributed by atoms with Crippen molar-refractivity contribution in [2.45, 2.75) is 117 Å². The molecule has 0 radical (unpaired) electrons. The van der Waals surface area contributed by atoms with Crippen molar-refractivity contribution in [2.24, 2.45) is 11.8 Å². The van der Waals surface area contributed by atoms with E-state index >= 15 is 0 Å². The number of rotatable bonds is 20. The maximum absolute atomic E-state index is 6.18. The van der Waals surface area contributed by atoms with Gasteiger partial charge >= 0.3 is 0 Å². The predicted molar refractivity (Wildman–Crippen MR) is 142 cm³/mol. The first-order chi connectivity index (χ1) is 15.5. The summed E-state index contributed by atoms with van der Waals surface area (Å²) in [6, 6.07) is 0.472. The molecule has 1 rings (SSSR count). The molecule has 1 aliphatic heterocycles. The SMILES string of the molecule is C=C(C)C1NCC(CCCN(C)CC)C1CCC(=CC)OCCCCCCCCCCC. The van der Waals surface area contributed by atoms with E-state index < -0.39 is 0 Å². The molecule has 3 nitrogen and oxygen atoms in total. The van der Waals surface area contributed by atoms with E-state index in [4.69, 9.17) is 4.74 Å². The van der Waals surface area contributed by atoms with Crippen LogP contribution in [0, 0.1) is 11.8 Å². The van der Waals surface area contributed by atoms with Crippen molar-refractivity contribution in [2.75, 3.05) is 33.3 Å². The van der Waals surface area contributed by atoms with Gasteiger partial charge in [0.15, 0.2) is 0 Å². The first-order valence-electron chi connectivity index (χ1n) is 13.9. The zero-order chi connectivity index (χ0) is 23.6. The standard InChI is InChI=1S/C29H56N2O/c1-7-10-11-12-13-14-15-16-17-23-32-27(8-2)20-21-28-26(19-18-22-31(6)9-3)24-30-29(28)25(4)5/h8,26,28-30H,4,7,9-24H2,1-3,5-6H3. The molecule has 1 saturated heterocycles. The van der Waals surface area contributed by atoms with E-state index in [9.17, 15) is 0 Å². The summed E-state index contributed by atoms with van der Waals surface area (Å²) in [4.78, 5) is 2.42. The van der Waals surface area contributed by atoms with E-state index in [0.29, 0.717) is 12.0 Å². The Bertz CT molecular complexity index is 501. The molecule has 0 aromatic rings. The summed E-state index contributed by atoms with van der Waals surface area (Å²) in [7, 11) is 2.23. The summed E-state index contributed by atoms with van der Waals surface area (Å²) in [5.74, 6) is 2.64. The van der Waals surface area contributed by atoms with Crippen LogP contribution < -0.4 is 5.32 Å². The first-order valence-corrected chi connectivity index (χ1v) is 13.9. The van der Waals surface area contributed by atoms with Crippen LogP contribution >= 0.6 is 0 Å². The highest BCUT2D eigenvalue weighted by Crippen LogP contribution is 2.34. The van der Waals surface area contributed by atoms with Crippen LogP contribution in [0.1, 0.15) is 111 Å². The average molecular weight is 449 g/mol. The summed E-state index contributed by atoms with van der Waals surface area (Å²) in [6.45, 7) is 17.5. The molecule has 3 heteroatoms. The highest BCUT2D eigenvalue weighted by molar-refractivity contribution is 5.10. The first kappa shape index (κ1) is 29.2. The lowest BCUT2D eigenvalue weighted by Gasteiger charge is -2.25. The van der Waals surface area contributed by atoms with Gasteiger partial charge in [-0.3, -0.25) is 0 Å². The maximum atomic E-state index is 6.18. The third-order valence-corrected chi connectivity index (χ3v) is 7.40. The molecule has 0 aromatic carbocycles. The van der Waals surface area contributed by atoms with Crippen molar-refractivity contribution in [3.63, 3.8) is 0 Å². The number of hydrogen-bond acceptors (Lipinski definition) is 3. The molecule has 3 unspecified atom stereocenters. The zero-order valence-electron chi connectivity index (χ0n) is 22.4. The number of allylic oxidation sites excluding steroid dienone is 2. The third-order valence-electron chi connectivity index (χ3n) is 7.40. The lowest BCUT2D eigenvalue weighted by Crippen LogP contribution is -2.28. The van der Waals surface area contributed by atoms with Crippen LogP contribution in [0.2, 0.25) is 0 Å². The Balaban J connectivity index is 2.29. The number of nitrogens with zero attached hydrogens (tertiary/aromatic N) is 1. The van der Waals surface area contributed by atoms with Gasteiger partial charge in [0.05, 0.1) is 12.4 Å². The second kappa shape index (κ2) is 18.6. The Morgan fingerprint density at radius 2 is 1.66 bits per heavy atom. The molecule has 1 aliphatic rings. The van der Waals surface area contributed by atoms with Crippen LogP contribution in [0.5, 0.6) is 0 Å². The maximum Gasteiger partial charge on any atom is 0.0917 e. The van der Waals surface area contributed by atoms with Gasteiger partial charge in [-0.2, -0.15) is 0 Å². The van der Waals surface area contributed by atoms with Gasteiger partial charge in [0, 0.05) is 12.5 Å². The largest absolute Gasteiger partial charge is 0.498 e. The molecular formula is C29H56N2O. The molecular weight excluding hydrogens is 392 g/mol. The Morgan fingerprint density at radius 1 is 1.00 bits per heavy atom. The molecule has 0 aromatic heterocycles. The molecule has 188 valence electrons. The van der Waals surface area contributed by atoms with Crippen molar-refractivity contribution in [1.29, 1.82) is 0 Å². The third kappa shape index (κ3) is 12.4. The monoisotopic (exact) mass is 448 g/mol. The number of ether oxygens (including phenoxy) is 1. The molecule has 1 fully saturated rings. The fourth-order valence-corrected chi connectivity index (χ4v) is 5.12. The van der Waals surface area contributed by atoms with E-state index in [1.165, 1.54) is 94.9 Å². The molecule has 0 spiro atoms. The fourth-order valence-electron chi connectivity index (χ4n) is 5.12. The molecule has 0 saturated carbocycles. The van der Waals surface area contributed by atoms with Gasteiger partial charge in [-0.1, -0.05) is 77.4 Å². The Labute approximate surface area is 201 Å². The Kier molecular flexibility index (Phi) is 17.0. The molecule has 0 aliphatic carbocycles. The van der Waals surface area contributed by atoms with E-state index in [-0.39, 0.29) is 0 Å². The summed E-state index contributed by atoms with van der Waals surface area (Å²) in [5, 5.41) is 3.76. The molecule has 1 heterocycles. The van der Waals surface area contributed by atoms with Gasteiger partial charge in [-0.25, -0.2) is 0 Å². The predicted octanol–water partition coefficient (Wildman–Crippen LogP) is 7.73. The lowest BCUT2D eigenvalue weighted by molar-refractivity contribution is 0.186. The minimum absolute atomic E-state index is 0.472. The minimum Gasteiger partial charge on any atom is -0.498 e. The highest BCUT2D eigenvalue weighted by atomic mass is 16.5. The van der Waals surface area contributed by atoms with Gasteiger partial charge in [0.25, 0.3) is 0 Å². The van der Waals surface area contributed by atoms with Crippen LogP contribution in [0.3, 0.4) is 0 Å². The van der Waals surface area contributed by atoms with Gasteiger partial charge in [-0.15, -0.1) is 0 Å². The highest BCUT2D eigenvalue weighted by Gasteiger charge is 2.35. The summed E-state index contributed by atoms with van der Waals surface area (Å²) < 4.78 is 6.18. The average Bonchev–Trinajstić information content (AvgIpc) is 3.19. The Hall–Kier alpha value is -0.800. The number of hydrogen-bond donors (Lipinski definition) is 1. The molecule has 0 amide bonds. The smallest absolute Gasteiger partial charge is 0.0917 e.